The van der Waals surface area contributed by atoms with Gasteiger partial charge in [0.15, 0.2) is 0 Å². The third-order valence-corrected chi connectivity index (χ3v) is 6.11. The second-order valence-electron chi connectivity index (χ2n) is 6.85. The Kier molecular flexibility index (Phi) is 7.15. The normalized spacial score (nSPS) is 17.4. The van der Waals surface area contributed by atoms with E-state index in [1.165, 1.54) is 6.42 Å². The van der Waals surface area contributed by atoms with Crippen LogP contribution in [0.3, 0.4) is 0 Å². The highest BCUT2D eigenvalue weighted by Gasteiger charge is 2.35. The molecule has 3 nitrogen and oxygen atoms in total. The van der Waals surface area contributed by atoms with Crippen LogP contribution in [-0.4, -0.2) is 22.9 Å². The zero-order valence-electron chi connectivity index (χ0n) is 14.9. The molecule has 4 heteroatoms. The lowest BCUT2D eigenvalue weighted by atomic mass is 9.81. The molecule has 1 aliphatic carbocycles. The molecule has 0 spiro atoms. The number of carbonyl (C=O) groups is 1. The number of rotatable bonds is 7. The Morgan fingerprint density at radius 3 is 2.27 bits per heavy atom. The minimum atomic E-state index is -0.650. The summed E-state index contributed by atoms with van der Waals surface area (Å²) in [7, 11) is 0. The summed E-state index contributed by atoms with van der Waals surface area (Å²) in [5.74, 6) is 0.380. The van der Waals surface area contributed by atoms with Crippen molar-refractivity contribution in [1.29, 1.82) is 0 Å². The molecule has 0 heterocycles. The van der Waals surface area contributed by atoms with Gasteiger partial charge in [-0.25, -0.2) is 0 Å². The number of para-hydroxylation sites is 1. The van der Waals surface area contributed by atoms with Gasteiger partial charge in [-0.2, -0.15) is 0 Å². The van der Waals surface area contributed by atoms with Gasteiger partial charge in [0.2, 0.25) is 0 Å². The summed E-state index contributed by atoms with van der Waals surface area (Å²) in [4.78, 5) is 13.9. The molecule has 0 aliphatic heterocycles. The second-order valence-corrected chi connectivity index (χ2v) is 7.95. The number of carbonyl (C=O) groups excluding carboxylic acids is 1. The zero-order chi connectivity index (χ0) is 18.2. The van der Waals surface area contributed by atoms with Crippen molar-refractivity contribution < 1.29 is 14.6 Å². The predicted molar refractivity (Wildman–Crippen MR) is 105 cm³/mol. The highest BCUT2D eigenvalue weighted by molar-refractivity contribution is 7.99. The molecule has 1 fully saturated rings. The van der Waals surface area contributed by atoms with Gasteiger partial charge in [-0.3, -0.25) is 4.79 Å². The number of esters is 1. The fourth-order valence-electron chi connectivity index (χ4n) is 3.49. The molecule has 1 saturated carbocycles. The molecule has 0 bridgehead atoms. The van der Waals surface area contributed by atoms with E-state index in [1.807, 2.05) is 48.5 Å². The summed E-state index contributed by atoms with van der Waals surface area (Å²) < 4.78 is 5.56. The van der Waals surface area contributed by atoms with E-state index in [2.05, 4.69) is 0 Å². The van der Waals surface area contributed by atoms with Crippen molar-refractivity contribution in [2.75, 3.05) is 5.75 Å². The van der Waals surface area contributed by atoms with Crippen LogP contribution in [0.2, 0.25) is 0 Å². The number of thioether (sulfide) groups is 1. The van der Waals surface area contributed by atoms with Crippen LogP contribution >= 0.6 is 11.8 Å². The molecule has 1 N–H and O–H groups in total. The Balaban J connectivity index is 1.70. The Hall–Kier alpha value is -1.78. The van der Waals surface area contributed by atoms with Crippen LogP contribution in [0.5, 0.6) is 5.75 Å². The number of benzene rings is 2. The Bertz CT molecular complexity index is 668. The molecule has 2 aromatic carbocycles. The first-order valence-corrected chi connectivity index (χ1v) is 10.4. The first-order chi connectivity index (χ1) is 12.7. The average molecular weight is 371 g/mol. The predicted octanol–water partition coefficient (Wildman–Crippen LogP) is 4.94. The molecule has 2 aromatic rings. The van der Waals surface area contributed by atoms with Crippen LogP contribution in [0.4, 0.5) is 0 Å². The van der Waals surface area contributed by atoms with E-state index in [0.717, 1.165) is 30.6 Å². The summed E-state index contributed by atoms with van der Waals surface area (Å²) in [5, 5.41) is 10.9. The van der Waals surface area contributed by atoms with E-state index in [1.54, 1.807) is 23.9 Å². The number of hydrogen-bond donors (Lipinski definition) is 1. The smallest absolute Gasteiger partial charge is 0.317 e. The fraction of sp³-hybridized carbons (Fsp3) is 0.409. The van der Waals surface area contributed by atoms with Gasteiger partial charge in [-0.1, -0.05) is 55.7 Å². The van der Waals surface area contributed by atoms with E-state index >= 15 is 0 Å². The van der Waals surface area contributed by atoms with Crippen molar-refractivity contribution >= 4 is 17.7 Å². The quantitative estimate of drug-likeness (QED) is 0.426. The second kappa shape index (κ2) is 9.79. The zero-order valence-corrected chi connectivity index (χ0v) is 15.7. The fourth-order valence-corrected chi connectivity index (χ4v) is 4.55. The van der Waals surface area contributed by atoms with Gasteiger partial charge in [0, 0.05) is 10.6 Å². The van der Waals surface area contributed by atoms with Gasteiger partial charge < -0.3 is 9.84 Å². The topological polar surface area (TPSA) is 46.5 Å². The van der Waals surface area contributed by atoms with E-state index in [0.29, 0.717) is 11.5 Å². The summed E-state index contributed by atoms with van der Waals surface area (Å²) >= 11 is 1.60. The molecule has 0 saturated heterocycles. The van der Waals surface area contributed by atoms with Crippen molar-refractivity contribution in [3.05, 3.63) is 60.7 Å². The third kappa shape index (κ3) is 5.36. The lowest BCUT2D eigenvalue weighted by molar-refractivity contribution is -0.143. The van der Waals surface area contributed by atoms with E-state index in [9.17, 15) is 9.90 Å². The largest absolute Gasteiger partial charge is 0.426 e. The van der Waals surface area contributed by atoms with Crippen LogP contribution in [0.25, 0.3) is 0 Å². The van der Waals surface area contributed by atoms with Crippen molar-refractivity contribution in [3.8, 4) is 5.75 Å². The number of aliphatic hydroxyl groups excluding tert-OH is 1. The van der Waals surface area contributed by atoms with Gasteiger partial charge in [0.1, 0.15) is 5.75 Å². The number of hydrogen-bond acceptors (Lipinski definition) is 4. The summed E-state index contributed by atoms with van der Waals surface area (Å²) in [6.45, 7) is 0. The maximum atomic E-state index is 12.8. The summed E-state index contributed by atoms with van der Waals surface area (Å²) in [6, 6.07) is 19.1. The van der Waals surface area contributed by atoms with Crippen LogP contribution in [-0.2, 0) is 4.79 Å². The lowest BCUT2D eigenvalue weighted by Crippen LogP contribution is -2.39. The van der Waals surface area contributed by atoms with Gasteiger partial charge in [-0.15, -0.1) is 11.8 Å². The van der Waals surface area contributed by atoms with Crippen molar-refractivity contribution in [2.24, 2.45) is 11.8 Å². The summed E-state index contributed by atoms with van der Waals surface area (Å²) in [5.41, 5.74) is 0. The molecule has 138 valence electrons. The van der Waals surface area contributed by atoms with Crippen molar-refractivity contribution in [3.63, 3.8) is 0 Å². The maximum Gasteiger partial charge on any atom is 0.317 e. The Morgan fingerprint density at radius 1 is 1.00 bits per heavy atom. The maximum absolute atomic E-state index is 12.8. The SMILES string of the molecule is O=C(Oc1ccccc1)[C@H](CSc1ccccc1)[C@H](O)C1CCCCC1. The lowest BCUT2D eigenvalue weighted by Gasteiger charge is -2.31. The highest BCUT2D eigenvalue weighted by Crippen LogP contribution is 2.33. The standard InChI is InChI=1S/C22H26O3S/c23-21(17-10-4-1-5-11-17)20(16-26-19-14-8-3-9-15-19)22(24)25-18-12-6-2-7-13-18/h2-3,6-9,12-15,17,20-21,23H,1,4-5,10-11,16H2/t20-,21-/m1/s1. The van der Waals surface area contributed by atoms with E-state index in [4.69, 9.17) is 4.74 Å². The average Bonchev–Trinajstić information content (AvgIpc) is 2.70. The minimum Gasteiger partial charge on any atom is -0.426 e. The molecule has 2 atom stereocenters. The van der Waals surface area contributed by atoms with Crippen LogP contribution in [0, 0.1) is 11.8 Å². The van der Waals surface area contributed by atoms with Gasteiger partial charge in [-0.05, 0) is 43.0 Å². The van der Waals surface area contributed by atoms with E-state index in [-0.39, 0.29) is 11.9 Å². The molecule has 0 radical (unpaired) electrons. The number of aliphatic hydroxyl groups is 1. The molecule has 0 unspecified atom stereocenters. The van der Waals surface area contributed by atoms with Crippen LogP contribution in [0.1, 0.15) is 32.1 Å². The van der Waals surface area contributed by atoms with Crippen LogP contribution in [0.15, 0.2) is 65.6 Å². The van der Waals surface area contributed by atoms with Gasteiger partial charge in [0.05, 0.1) is 12.0 Å². The molecular weight excluding hydrogens is 344 g/mol. The first-order valence-electron chi connectivity index (χ1n) is 9.36. The molecule has 0 aromatic heterocycles. The highest BCUT2D eigenvalue weighted by atomic mass is 32.2. The molecule has 0 amide bonds. The third-order valence-electron chi connectivity index (χ3n) is 4.98. The van der Waals surface area contributed by atoms with Gasteiger partial charge in [0.25, 0.3) is 0 Å². The number of ether oxygens (including phenoxy) is 1. The monoisotopic (exact) mass is 370 g/mol. The molecule has 3 rings (SSSR count). The minimum absolute atomic E-state index is 0.188. The van der Waals surface area contributed by atoms with Gasteiger partial charge >= 0.3 is 5.97 Å². The first kappa shape index (κ1) is 19.0. The molecule has 1 aliphatic rings. The summed E-state index contributed by atoms with van der Waals surface area (Å²) in [6.07, 6.45) is 4.82. The molecule has 26 heavy (non-hydrogen) atoms. The Labute approximate surface area is 159 Å². The Morgan fingerprint density at radius 2 is 1.62 bits per heavy atom. The van der Waals surface area contributed by atoms with E-state index < -0.39 is 12.0 Å². The van der Waals surface area contributed by atoms with Crippen molar-refractivity contribution in [1.82, 2.24) is 0 Å². The van der Waals surface area contributed by atoms with Crippen molar-refractivity contribution in [2.45, 2.75) is 43.1 Å². The van der Waals surface area contributed by atoms with Crippen LogP contribution < -0.4 is 4.74 Å². The molecular formula is C22H26O3S.